The second-order valence-corrected chi connectivity index (χ2v) is 10.0. The summed E-state index contributed by atoms with van der Waals surface area (Å²) in [6, 6.07) is 11.3. The molecule has 1 N–H and O–H groups in total. The molecule has 8 nitrogen and oxygen atoms in total. The van der Waals surface area contributed by atoms with Crippen molar-refractivity contribution in [3.05, 3.63) is 65.1 Å². The third-order valence-electron chi connectivity index (χ3n) is 7.45. The van der Waals surface area contributed by atoms with Crippen LogP contribution in [0.1, 0.15) is 21.5 Å². The Labute approximate surface area is 215 Å². The zero-order valence-corrected chi connectivity index (χ0v) is 20.9. The lowest BCUT2D eigenvalue weighted by atomic mass is 10.1. The third kappa shape index (κ3) is 4.99. The van der Waals surface area contributed by atoms with Gasteiger partial charge >= 0.3 is 0 Å². The van der Waals surface area contributed by atoms with Crippen LogP contribution in [0.5, 0.6) is 5.75 Å². The number of benzene rings is 2. The number of fused-ring (bicyclic) bond motifs is 2. The molecule has 1 aromatic heterocycles. The van der Waals surface area contributed by atoms with Crippen molar-refractivity contribution >= 4 is 22.5 Å². The first-order chi connectivity index (χ1) is 18.1. The molecule has 2 atom stereocenters. The molecule has 194 valence electrons. The molecule has 0 saturated carbocycles. The van der Waals surface area contributed by atoms with Crippen LogP contribution in [-0.4, -0.2) is 75.0 Å². The first kappa shape index (κ1) is 24.1. The summed E-state index contributed by atoms with van der Waals surface area (Å²) < 4.78 is 32.3. The Morgan fingerprint density at radius 2 is 2.03 bits per heavy atom. The maximum atomic E-state index is 15.0. The van der Waals surface area contributed by atoms with Gasteiger partial charge in [-0.05, 0) is 47.5 Å². The molecule has 3 aliphatic heterocycles. The lowest BCUT2D eigenvalue weighted by Gasteiger charge is -2.28. The summed E-state index contributed by atoms with van der Waals surface area (Å²) in [6.07, 6.45) is 1.68. The number of methoxy groups -OCH3 is 1. The number of ether oxygens (including phenoxy) is 3. The van der Waals surface area contributed by atoms with Crippen molar-refractivity contribution < 1.29 is 23.4 Å². The number of aromatic nitrogens is 1. The topological polar surface area (TPSA) is 76.2 Å². The van der Waals surface area contributed by atoms with Gasteiger partial charge in [-0.3, -0.25) is 14.7 Å². The van der Waals surface area contributed by atoms with Crippen LogP contribution in [0.15, 0.2) is 42.6 Å². The summed E-state index contributed by atoms with van der Waals surface area (Å²) in [5.74, 6) is 0.586. The molecular formula is C28H31FN4O4. The number of carbonyl (C=O) groups is 1. The largest absolute Gasteiger partial charge is 0.489 e. The van der Waals surface area contributed by atoms with Gasteiger partial charge in [0, 0.05) is 63.2 Å². The molecule has 0 aliphatic carbocycles. The van der Waals surface area contributed by atoms with E-state index in [4.69, 9.17) is 14.2 Å². The standard InChI is InChI=1S/C28H31FN4O4/c1-35-17-21-15-32(16-26(21)37-23-2-3-24-20(11-23)12-31-28(24)34)14-18-8-19-10-22(33-4-6-36-7-5-33)13-30-27(19)25(29)9-18/h2-3,8-11,13,21,26H,4-7,12,14-17H2,1H3,(H,31,34)/t21-,26+/m0/s1. The lowest BCUT2D eigenvalue weighted by Crippen LogP contribution is -2.36. The highest BCUT2D eigenvalue weighted by Crippen LogP contribution is 2.29. The third-order valence-corrected chi connectivity index (χ3v) is 7.45. The summed E-state index contributed by atoms with van der Waals surface area (Å²) >= 11 is 0. The number of anilines is 1. The molecule has 0 spiro atoms. The molecule has 0 unspecified atom stereocenters. The van der Waals surface area contributed by atoms with Gasteiger partial charge in [0.1, 0.15) is 23.2 Å². The van der Waals surface area contributed by atoms with Crippen molar-refractivity contribution in [3.8, 4) is 5.75 Å². The Morgan fingerprint density at radius 3 is 2.86 bits per heavy atom. The van der Waals surface area contributed by atoms with Gasteiger partial charge < -0.3 is 24.4 Å². The first-order valence-corrected chi connectivity index (χ1v) is 12.8. The fourth-order valence-corrected chi connectivity index (χ4v) is 5.62. The number of nitrogens with zero attached hydrogens (tertiary/aromatic N) is 3. The maximum absolute atomic E-state index is 15.0. The van der Waals surface area contributed by atoms with E-state index in [9.17, 15) is 4.79 Å². The zero-order valence-electron chi connectivity index (χ0n) is 20.9. The summed E-state index contributed by atoms with van der Waals surface area (Å²) in [5.41, 5.74) is 3.96. The number of hydrogen-bond acceptors (Lipinski definition) is 7. The predicted octanol–water partition coefficient (Wildman–Crippen LogP) is 2.98. The van der Waals surface area contributed by atoms with E-state index >= 15 is 4.39 Å². The van der Waals surface area contributed by atoms with Gasteiger partial charge in [-0.1, -0.05) is 0 Å². The molecule has 3 aliphatic rings. The lowest BCUT2D eigenvalue weighted by molar-refractivity contribution is 0.0929. The molecule has 2 saturated heterocycles. The first-order valence-electron chi connectivity index (χ1n) is 12.8. The van der Waals surface area contributed by atoms with E-state index in [1.807, 2.05) is 30.3 Å². The van der Waals surface area contributed by atoms with Crippen LogP contribution in [0.4, 0.5) is 10.1 Å². The van der Waals surface area contributed by atoms with Crippen molar-refractivity contribution in [1.82, 2.24) is 15.2 Å². The molecule has 0 radical (unpaired) electrons. The van der Waals surface area contributed by atoms with E-state index in [1.54, 1.807) is 19.4 Å². The van der Waals surface area contributed by atoms with Gasteiger partial charge in [-0.25, -0.2) is 4.39 Å². The van der Waals surface area contributed by atoms with Crippen molar-refractivity contribution in [2.45, 2.75) is 19.2 Å². The molecular weight excluding hydrogens is 475 g/mol. The van der Waals surface area contributed by atoms with E-state index in [1.165, 1.54) is 0 Å². The summed E-state index contributed by atoms with van der Waals surface area (Å²) in [7, 11) is 1.70. The second kappa shape index (κ2) is 10.2. The molecule has 2 aromatic carbocycles. The van der Waals surface area contributed by atoms with E-state index in [2.05, 4.69) is 20.1 Å². The van der Waals surface area contributed by atoms with Gasteiger partial charge in [0.15, 0.2) is 0 Å². The Kier molecular flexibility index (Phi) is 6.67. The van der Waals surface area contributed by atoms with Crippen molar-refractivity contribution in [2.75, 3.05) is 58.0 Å². The number of morpholine rings is 1. The van der Waals surface area contributed by atoms with Crippen LogP contribution >= 0.6 is 0 Å². The second-order valence-electron chi connectivity index (χ2n) is 10.0. The Hall–Kier alpha value is -3.27. The average molecular weight is 507 g/mol. The fourth-order valence-electron chi connectivity index (χ4n) is 5.62. The van der Waals surface area contributed by atoms with Gasteiger partial charge in [0.2, 0.25) is 0 Å². The predicted molar refractivity (Wildman–Crippen MR) is 137 cm³/mol. The number of pyridine rings is 1. The fraction of sp³-hybridized carbons (Fsp3) is 0.429. The molecule has 6 rings (SSSR count). The molecule has 1 amide bonds. The van der Waals surface area contributed by atoms with Gasteiger partial charge in [-0.2, -0.15) is 0 Å². The molecule has 2 fully saturated rings. The van der Waals surface area contributed by atoms with E-state index < -0.39 is 0 Å². The highest BCUT2D eigenvalue weighted by Gasteiger charge is 2.35. The van der Waals surface area contributed by atoms with Crippen LogP contribution in [0.3, 0.4) is 0 Å². The summed E-state index contributed by atoms with van der Waals surface area (Å²) in [4.78, 5) is 20.8. The van der Waals surface area contributed by atoms with Crippen LogP contribution < -0.4 is 15.0 Å². The van der Waals surface area contributed by atoms with Crippen molar-refractivity contribution in [2.24, 2.45) is 5.92 Å². The maximum Gasteiger partial charge on any atom is 0.251 e. The Balaban J connectivity index is 1.18. The van der Waals surface area contributed by atoms with E-state index in [0.717, 1.165) is 47.6 Å². The minimum atomic E-state index is -0.303. The van der Waals surface area contributed by atoms with Crippen LogP contribution in [-0.2, 0) is 22.6 Å². The molecule has 4 heterocycles. The van der Waals surface area contributed by atoms with Crippen LogP contribution in [0.25, 0.3) is 10.9 Å². The highest BCUT2D eigenvalue weighted by molar-refractivity contribution is 5.98. The van der Waals surface area contributed by atoms with Gasteiger partial charge in [-0.15, -0.1) is 0 Å². The quantitative estimate of drug-likeness (QED) is 0.528. The van der Waals surface area contributed by atoms with Crippen molar-refractivity contribution in [1.29, 1.82) is 0 Å². The summed E-state index contributed by atoms with van der Waals surface area (Å²) in [6.45, 7) is 6.19. The number of nitrogens with one attached hydrogen (secondary N) is 1. The van der Waals surface area contributed by atoms with E-state index in [0.29, 0.717) is 50.5 Å². The van der Waals surface area contributed by atoms with Crippen molar-refractivity contribution in [3.63, 3.8) is 0 Å². The molecule has 3 aromatic rings. The number of halogens is 1. The van der Waals surface area contributed by atoms with Gasteiger partial charge in [0.25, 0.3) is 5.91 Å². The Morgan fingerprint density at radius 1 is 1.16 bits per heavy atom. The number of rotatable bonds is 7. The number of carbonyl (C=O) groups excluding carboxylic acids is 1. The van der Waals surface area contributed by atoms with Crippen LogP contribution in [0.2, 0.25) is 0 Å². The minimum Gasteiger partial charge on any atom is -0.489 e. The molecule has 9 heteroatoms. The molecule has 37 heavy (non-hydrogen) atoms. The monoisotopic (exact) mass is 506 g/mol. The normalized spacial score (nSPS) is 21.9. The van der Waals surface area contributed by atoms with E-state index in [-0.39, 0.29) is 23.7 Å². The number of likely N-dealkylation sites (tertiary alicyclic amines) is 1. The smallest absolute Gasteiger partial charge is 0.251 e. The Bertz CT molecular complexity index is 1310. The summed E-state index contributed by atoms with van der Waals surface area (Å²) in [5, 5.41) is 3.65. The SMILES string of the molecule is COC[C@@H]1CN(Cc2cc(F)c3ncc(N4CCOCC4)cc3c2)C[C@H]1Oc1ccc2c(c1)CNC2=O. The van der Waals surface area contributed by atoms with Gasteiger partial charge in [0.05, 0.1) is 31.7 Å². The number of hydrogen-bond donors (Lipinski definition) is 1. The zero-order chi connectivity index (χ0) is 25.4. The minimum absolute atomic E-state index is 0.0410. The van der Waals surface area contributed by atoms with Crippen LogP contribution in [0, 0.1) is 11.7 Å². The highest BCUT2D eigenvalue weighted by atomic mass is 19.1. The molecule has 0 bridgehead atoms. The number of amides is 1. The average Bonchev–Trinajstić information content (AvgIpc) is 3.46.